The zero-order valence-corrected chi connectivity index (χ0v) is 26.9. The summed E-state index contributed by atoms with van der Waals surface area (Å²) >= 11 is 9.63. The molecule has 0 aliphatic rings. The Bertz CT molecular complexity index is 1460. The first kappa shape index (κ1) is 32.4. The van der Waals surface area contributed by atoms with Gasteiger partial charge in [-0.15, -0.1) is 0 Å². The van der Waals surface area contributed by atoms with Crippen LogP contribution < -0.4 is 14.4 Å². The van der Waals surface area contributed by atoms with Gasteiger partial charge in [0.05, 0.1) is 19.1 Å². The molecule has 3 aromatic rings. The number of carbonyl (C=O) groups excluding carboxylic acids is 2. The van der Waals surface area contributed by atoms with E-state index in [9.17, 15) is 18.0 Å². The summed E-state index contributed by atoms with van der Waals surface area (Å²) in [5.41, 5.74) is 1.19. The quantitative estimate of drug-likeness (QED) is 0.295. The van der Waals surface area contributed by atoms with E-state index in [1.807, 2.05) is 75.4 Å². The number of nitrogens with one attached hydrogen (secondary N) is 1. The molecule has 0 radical (unpaired) electrons. The van der Waals surface area contributed by atoms with Crippen LogP contribution in [-0.4, -0.2) is 56.6 Å². The highest BCUT2D eigenvalue weighted by Gasteiger charge is 2.35. The van der Waals surface area contributed by atoms with Gasteiger partial charge in [0.2, 0.25) is 21.8 Å². The average molecular weight is 665 g/mol. The molecule has 0 heterocycles. The zero-order chi connectivity index (χ0) is 30.4. The van der Waals surface area contributed by atoms with E-state index in [1.54, 1.807) is 6.07 Å². The molecule has 11 heteroatoms. The van der Waals surface area contributed by atoms with Crippen molar-refractivity contribution in [3.05, 3.63) is 93.4 Å². The van der Waals surface area contributed by atoms with Crippen LogP contribution in [-0.2, 0) is 32.6 Å². The molecule has 1 N–H and O–H groups in total. The number of hydrogen-bond acceptors (Lipinski definition) is 5. The van der Waals surface area contributed by atoms with Gasteiger partial charge in [-0.2, -0.15) is 0 Å². The summed E-state index contributed by atoms with van der Waals surface area (Å²) in [5.74, 6) is -0.679. The standard InChI is InChI=1S/C30H35BrClN3O5S/c1-30(2,3)33-29(37)26(17-21-9-7-6-8-10-21)34(19-22-11-13-23(31)14-12-22)28(36)20-35(41(5,38)39)25-18-24(32)15-16-27(25)40-4/h6-16,18,26H,17,19-20H2,1-5H3,(H,33,37)/t26-/m0/s1. The molecular formula is C30H35BrClN3O5S. The number of hydrogen-bond donors (Lipinski definition) is 1. The summed E-state index contributed by atoms with van der Waals surface area (Å²) in [6.07, 6.45) is 1.23. The van der Waals surface area contributed by atoms with Crippen molar-refractivity contribution in [3.63, 3.8) is 0 Å². The molecule has 0 saturated carbocycles. The zero-order valence-electron chi connectivity index (χ0n) is 23.7. The fourth-order valence-electron chi connectivity index (χ4n) is 4.25. The Balaban J connectivity index is 2.11. The van der Waals surface area contributed by atoms with E-state index in [2.05, 4.69) is 21.2 Å². The van der Waals surface area contributed by atoms with Gasteiger partial charge in [0, 0.05) is 28.0 Å². The molecule has 0 unspecified atom stereocenters. The Morgan fingerprint density at radius 3 is 2.20 bits per heavy atom. The summed E-state index contributed by atoms with van der Waals surface area (Å²) in [7, 11) is -2.56. The van der Waals surface area contributed by atoms with Crippen molar-refractivity contribution in [2.75, 3.05) is 24.2 Å². The second-order valence-corrected chi connectivity index (χ2v) is 13.9. The molecule has 0 spiro atoms. The van der Waals surface area contributed by atoms with Crippen LogP contribution >= 0.6 is 27.5 Å². The van der Waals surface area contributed by atoms with Crippen molar-refractivity contribution in [1.82, 2.24) is 10.2 Å². The Hall–Kier alpha value is -3.08. The lowest BCUT2D eigenvalue weighted by Gasteiger charge is -2.35. The van der Waals surface area contributed by atoms with Crippen molar-refractivity contribution < 1.29 is 22.7 Å². The summed E-state index contributed by atoms with van der Waals surface area (Å²) in [4.78, 5) is 29.4. The minimum atomic E-state index is -3.97. The lowest BCUT2D eigenvalue weighted by molar-refractivity contribution is -0.140. The number of methoxy groups -OCH3 is 1. The fraction of sp³-hybridized carbons (Fsp3) is 0.333. The monoisotopic (exact) mass is 663 g/mol. The molecular weight excluding hydrogens is 630 g/mol. The number of benzene rings is 3. The van der Waals surface area contributed by atoms with Gasteiger partial charge >= 0.3 is 0 Å². The summed E-state index contributed by atoms with van der Waals surface area (Å²) in [6.45, 7) is 5.10. The fourth-order valence-corrected chi connectivity index (χ4v) is 5.52. The van der Waals surface area contributed by atoms with Crippen molar-refractivity contribution in [2.45, 2.75) is 45.3 Å². The predicted molar refractivity (Wildman–Crippen MR) is 167 cm³/mol. The maximum absolute atomic E-state index is 14.2. The van der Waals surface area contributed by atoms with Gasteiger partial charge in [0.15, 0.2) is 0 Å². The second-order valence-electron chi connectivity index (χ2n) is 10.7. The molecule has 0 aliphatic heterocycles. The number of nitrogens with zero attached hydrogens (tertiary/aromatic N) is 2. The Morgan fingerprint density at radius 1 is 1.00 bits per heavy atom. The third-order valence-electron chi connectivity index (χ3n) is 6.12. The molecule has 0 fully saturated rings. The van der Waals surface area contributed by atoms with E-state index in [1.165, 1.54) is 24.1 Å². The molecule has 0 aliphatic carbocycles. The highest BCUT2D eigenvalue weighted by Crippen LogP contribution is 2.33. The van der Waals surface area contributed by atoms with E-state index >= 15 is 0 Å². The van der Waals surface area contributed by atoms with Crippen LogP contribution in [0.2, 0.25) is 5.02 Å². The van der Waals surface area contributed by atoms with E-state index in [0.29, 0.717) is 0 Å². The number of amides is 2. The maximum atomic E-state index is 14.2. The van der Waals surface area contributed by atoms with Gasteiger partial charge < -0.3 is 15.0 Å². The molecule has 3 rings (SSSR count). The summed E-state index contributed by atoms with van der Waals surface area (Å²) in [5, 5.41) is 3.28. The molecule has 220 valence electrons. The first-order chi connectivity index (χ1) is 19.2. The van der Waals surface area contributed by atoms with Crippen LogP contribution in [0.1, 0.15) is 31.9 Å². The number of ether oxygens (including phenoxy) is 1. The number of sulfonamides is 1. The number of halogens is 2. The van der Waals surface area contributed by atoms with E-state index in [-0.39, 0.29) is 35.3 Å². The molecule has 2 amide bonds. The first-order valence-corrected chi connectivity index (χ1v) is 15.9. The van der Waals surface area contributed by atoms with Gasteiger partial charge in [-0.25, -0.2) is 8.42 Å². The van der Waals surface area contributed by atoms with Gasteiger partial charge in [-0.1, -0.05) is 70.0 Å². The molecule has 0 saturated heterocycles. The molecule has 41 heavy (non-hydrogen) atoms. The van der Waals surface area contributed by atoms with E-state index in [0.717, 1.165) is 26.2 Å². The average Bonchev–Trinajstić information content (AvgIpc) is 2.89. The second kappa shape index (κ2) is 13.7. The first-order valence-electron chi connectivity index (χ1n) is 12.9. The Labute approximate surface area is 255 Å². The highest BCUT2D eigenvalue weighted by atomic mass is 79.9. The number of anilines is 1. The van der Waals surface area contributed by atoms with Crippen LogP contribution in [0.5, 0.6) is 5.75 Å². The van der Waals surface area contributed by atoms with E-state index < -0.39 is 34.1 Å². The van der Waals surface area contributed by atoms with Gasteiger partial charge in [0.25, 0.3) is 0 Å². The highest BCUT2D eigenvalue weighted by molar-refractivity contribution is 9.10. The molecule has 3 aromatic carbocycles. The van der Waals surface area contributed by atoms with E-state index in [4.69, 9.17) is 16.3 Å². The van der Waals surface area contributed by atoms with Crippen LogP contribution in [0.3, 0.4) is 0 Å². The molecule has 0 bridgehead atoms. The van der Waals surface area contributed by atoms with Crippen molar-refractivity contribution in [1.29, 1.82) is 0 Å². The van der Waals surface area contributed by atoms with Crippen molar-refractivity contribution in [2.24, 2.45) is 0 Å². The SMILES string of the molecule is COc1ccc(Cl)cc1N(CC(=O)N(Cc1ccc(Br)cc1)[C@@H](Cc1ccccc1)C(=O)NC(C)(C)C)S(C)(=O)=O. The van der Waals surface area contributed by atoms with Crippen molar-refractivity contribution in [3.8, 4) is 5.75 Å². The smallest absolute Gasteiger partial charge is 0.244 e. The largest absolute Gasteiger partial charge is 0.495 e. The minimum absolute atomic E-state index is 0.0749. The van der Waals surface area contributed by atoms with Gasteiger partial charge in [-0.3, -0.25) is 13.9 Å². The van der Waals surface area contributed by atoms with Crippen LogP contribution in [0.25, 0.3) is 0 Å². The van der Waals surface area contributed by atoms with Crippen LogP contribution in [0.4, 0.5) is 5.69 Å². The molecule has 0 aromatic heterocycles. The molecule has 1 atom stereocenters. The van der Waals surface area contributed by atoms with Crippen molar-refractivity contribution >= 4 is 55.1 Å². The number of rotatable bonds is 11. The van der Waals surface area contributed by atoms with Crippen LogP contribution in [0.15, 0.2) is 77.3 Å². The maximum Gasteiger partial charge on any atom is 0.244 e. The molecule has 8 nitrogen and oxygen atoms in total. The summed E-state index contributed by atoms with van der Waals surface area (Å²) in [6, 6.07) is 20.4. The lowest BCUT2D eigenvalue weighted by Crippen LogP contribution is -2.56. The van der Waals surface area contributed by atoms with Gasteiger partial charge in [-0.05, 0) is 62.2 Å². The summed E-state index contributed by atoms with van der Waals surface area (Å²) < 4.78 is 33.2. The van der Waals surface area contributed by atoms with Gasteiger partial charge in [0.1, 0.15) is 18.3 Å². The lowest BCUT2D eigenvalue weighted by atomic mass is 10.0. The minimum Gasteiger partial charge on any atom is -0.495 e. The number of carbonyl (C=O) groups is 2. The van der Waals surface area contributed by atoms with Crippen LogP contribution in [0, 0.1) is 0 Å². The Kier molecular flexibility index (Phi) is 10.9. The third-order valence-corrected chi connectivity index (χ3v) is 8.01. The third kappa shape index (κ3) is 9.48. The predicted octanol–water partition coefficient (Wildman–Crippen LogP) is 5.43. The normalized spacial score (nSPS) is 12.4. The Morgan fingerprint density at radius 2 is 1.63 bits per heavy atom. The topological polar surface area (TPSA) is 96.0 Å².